The Morgan fingerprint density at radius 2 is 2.31 bits per heavy atom. The van der Waals surface area contributed by atoms with Gasteiger partial charge in [0.25, 0.3) is 0 Å². The normalized spacial score (nSPS) is 12.5. The highest BCUT2D eigenvalue weighted by Gasteiger charge is 2.01. The summed E-state index contributed by atoms with van der Waals surface area (Å²) in [4.78, 5) is 11.0. The highest BCUT2D eigenvalue weighted by Crippen LogP contribution is 1.74. The molecule has 0 unspecified atom stereocenters. The summed E-state index contributed by atoms with van der Waals surface area (Å²) in [5.41, 5.74) is 0. The van der Waals surface area contributed by atoms with Crippen molar-refractivity contribution in [1.82, 2.24) is 10.6 Å². The molecule has 0 aromatic heterocycles. The smallest absolute Gasteiger partial charge is 0.234 e. The summed E-state index contributed by atoms with van der Waals surface area (Å²) in [5.74, 6) is -0.114. The lowest BCUT2D eigenvalue weighted by molar-refractivity contribution is -0.120. The molecule has 5 nitrogen and oxygen atoms in total. The molecule has 0 aromatic carbocycles. The number of nitrogens with one attached hydrogen (secondary N) is 2. The fraction of sp³-hybridized carbons (Fsp3) is 0.875. The molecule has 0 saturated carbocycles. The molecule has 0 aromatic rings. The zero-order valence-corrected chi connectivity index (χ0v) is 8.17. The fourth-order valence-corrected chi connectivity index (χ4v) is 0.700. The van der Waals surface area contributed by atoms with Crippen LogP contribution in [-0.2, 0) is 9.53 Å². The average molecular weight is 190 g/mol. The van der Waals surface area contributed by atoms with Crippen molar-refractivity contribution >= 4 is 5.91 Å². The third-order valence-electron chi connectivity index (χ3n) is 1.36. The van der Waals surface area contributed by atoms with Crippen molar-refractivity contribution in [3.63, 3.8) is 0 Å². The maximum absolute atomic E-state index is 11.0. The zero-order valence-electron chi connectivity index (χ0n) is 8.17. The third kappa shape index (κ3) is 9.26. The maximum atomic E-state index is 11.0. The van der Waals surface area contributed by atoms with Crippen LogP contribution in [0, 0.1) is 0 Å². The number of methoxy groups -OCH3 is 1. The average Bonchev–Trinajstić information content (AvgIpc) is 2.09. The first-order valence-corrected chi connectivity index (χ1v) is 4.31. The second kappa shape index (κ2) is 7.97. The van der Waals surface area contributed by atoms with Crippen LogP contribution >= 0.6 is 0 Å². The van der Waals surface area contributed by atoms with E-state index < -0.39 is 6.10 Å². The minimum atomic E-state index is -0.497. The van der Waals surface area contributed by atoms with Crippen LogP contribution in [-0.4, -0.2) is 50.5 Å². The summed E-state index contributed by atoms with van der Waals surface area (Å²) in [6.07, 6.45) is -0.497. The lowest BCUT2D eigenvalue weighted by Crippen LogP contribution is -2.38. The molecule has 0 rings (SSSR count). The fourth-order valence-electron chi connectivity index (χ4n) is 0.700. The van der Waals surface area contributed by atoms with E-state index in [1.54, 1.807) is 14.0 Å². The first kappa shape index (κ1) is 12.3. The molecule has 0 saturated heterocycles. The predicted molar refractivity (Wildman–Crippen MR) is 49.4 cm³/mol. The molecule has 0 heterocycles. The Balaban J connectivity index is 3.20. The van der Waals surface area contributed by atoms with Gasteiger partial charge in [-0.3, -0.25) is 4.79 Å². The number of amides is 1. The first-order valence-electron chi connectivity index (χ1n) is 4.31. The predicted octanol–water partition coefficient (Wildman–Crippen LogP) is -1.28. The highest BCUT2D eigenvalue weighted by molar-refractivity contribution is 5.77. The minimum absolute atomic E-state index is 0.114. The number of aliphatic hydroxyl groups is 1. The van der Waals surface area contributed by atoms with E-state index in [0.717, 1.165) is 0 Å². The van der Waals surface area contributed by atoms with Gasteiger partial charge in [-0.15, -0.1) is 0 Å². The van der Waals surface area contributed by atoms with E-state index in [2.05, 4.69) is 10.6 Å². The third-order valence-corrected chi connectivity index (χ3v) is 1.36. The Morgan fingerprint density at radius 1 is 1.62 bits per heavy atom. The molecule has 0 fully saturated rings. The Labute approximate surface area is 78.5 Å². The highest BCUT2D eigenvalue weighted by atomic mass is 16.5. The van der Waals surface area contributed by atoms with Gasteiger partial charge in [-0.1, -0.05) is 0 Å². The molecule has 0 bridgehead atoms. The van der Waals surface area contributed by atoms with Gasteiger partial charge in [0.2, 0.25) is 5.91 Å². The molecule has 0 aliphatic rings. The monoisotopic (exact) mass is 190 g/mol. The van der Waals surface area contributed by atoms with Gasteiger partial charge in [0.05, 0.1) is 19.3 Å². The van der Waals surface area contributed by atoms with Crippen molar-refractivity contribution in [2.75, 3.05) is 33.4 Å². The van der Waals surface area contributed by atoms with E-state index in [1.807, 2.05) is 0 Å². The summed E-state index contributed by atoms with van der Waals surface area (Å²) < 4.78 is 4.79. The van der Waals surface area contributed by atoms with Gasteiger partial charge in [-0.25, -0.2) is 0 Å². The van der Waals surface area contributed by atoms with Gasteiger partial charge >= 0.3 is 0 Å². The molecule has 1 atom stereocenters. The minimum Gasteiger partial charge on any atom is -0.392 e. The molecule has 0 aliphatic heterocycles. The first-order chi connectivity index (χ1) is 6.16. The summed E-state index contributed by atoms with van der Waals surface area (Å²) >= 11 is 0. The van der Waals surface area contributed by atoms with E-state index >= 15 is 0 Å². The Morgan fingerprint density at radius 3 is 2.85 bits per heavy atom. The number of aliphatic hydroxyl groups excluding tert-OH is 1. The summed E-state index contributed by atoms with van der Waals surface area (Å²) in [6, 6.07) is 0. The molecular formula is C8H18N2O3. The van der Waals surface area contributed by atoms with Crippen LogP contribution in [0.15, 0.2) is 0 Å². The van der Waals surface area contributed by atoms with E-state index in [0.29, 0.717) is 19.7 Å². The quantitative estimate of drug-likeness (QED) is 0.437. The topological polar surface area (TPSA) is 70.6 Å². The van der Waals surface area contributed by atoms with Crippen LogP contribution in [0.2, 0.25) is 0 Å². The van der Waals surface area contributed by atoms with Crippen LogP contribution in [0.1, 0.15) is 6.92 Å². The summed E-state index contributed by atoms with van der Waals surface area (Å²) in [7, 11) is 1.61. The lowest BCUT2D eigenvalue weighted by Gasteiger charge is -2.07. The van der Waals surface area contributed by atoms with Crippen molar-refractivity contribution in [2.24, 2.45) is 0 Å². The van der Waals surface area contributed by atoms with Crippen LogP contribution in [0.3, 0.4) is 0 Å². The Bertz CT molecular complexity index is 139. The van der Waals surface area contributed by atoms with E-state index in [4.69, 9.17) is 9.84 Å². The van der Waals surface area contributed by atoms with Crippen molar-refractivity contribution in [1.29, 1.82) is 0 Å². The van der Waals surface area contributed by atoms with E-state index in [1.165, 1.54) is 0 Å². The Hall–Kier alpha value is -0.650. The number of carbonyl (C=O) groups is 1. The van der Waals surface area contributed by atoms with Crippen molar-refractivity contribution in [3.05, 3.63) is 0 Å². The molecule has 13 heavy (non-hydrogen) atoms. The number of rotatable bonds is 7. The second-order valence-electron chi connectivity index (χ2n) is 2.82. The second-order valence-corrected chi connectivity index (χ2v) is 2.82. The number of carbonyl (C=O) groups excluding carboxylic acids is 1. The van der Waals surface area contributed by atoms with Gasteiger partial charge in [-0.2, -0.15) is 0 Å². The molecule has 78 valence electrons. The van der Waals surface area contributed by atoms with Gasteiger partial charge in [0.1, 0.15) is 0 Å². The van der Waals surface area contributed by atoms with Crippen molar-refractivity contribution in [3.8, 4) is 0 Å². The van der Waals surface area contributed by atoms with E-state index in [-0.39, 0.29) is 12.5 Å². The standard InChI is InChI=1S/C8H18N2O3/c1-7(11)5-10-8(12)6-9-3-4-13-2/h7,9,11H,3-6H2,1-2H3,(H,10,12)/t7-/m0/s1. The summed E-state index contributed by atoms with van der Waals surface area (Å²) in [5, 5.41) is 14.3. The summed E-state index contributed by atoms with van der Waals surface area (Å²) in [6.45, 7) is 3.42. The number of hydrogen-bond acceptors (Lipinski definition) is 4. The van der Waals surface area contributed by atoms with Crippen molar-refractivity contribution in [2.45, 2.75) is 13.0 Å². The van der Waals surface area contributed by atoms with Gasteiger partial charge in [-0.05, 0) is 6.92 Å². The van der Waals surface area contributed by atoms with E-state index in [9.17, 15) is 4.79 Å². The van der Waals surface area contributed by atoms with Crippen LogP contribution in [0.5, 0.6) is 0 Å². The van der Waals surface area contributed by atoms with Crippen LogP contribution in [0.4, 0.5) is 0 Å². The van der Waals surface area contributed by atoms with Crippen LogP contribution < -0.4 is 10.6 Å². The van der Waals surface area contributed by atoms with Gasteiger partial charge in [0.15, 0.2) is 0 Å². The molecular weight excluding hydrogens is 172 g/mol. The van der Waals surface area contributed by atoms with Crippen LogP contribution in [0.25, 0.3) is 0 Å². The molecule has 3 N–H and O–H groups in total. The molecule has 1 amide bonds. The van der Waals surface area contributed by atoms with Gasteiger partial charge in [0, 0.05) is 20.2 Å². The lowest BCUT2D eigenvalue weighted by atomic mass is 10.4. The number of ether oxygens (including phenoxy) is 1. The largest absolute Gasteiger partial charge is 0.392 e. The molecule has 0 aliphatic carbocycles. The molecule has 0 radical (unpaired) electrons. The maximum Gasteiger partial charge on any atom is 0.234 e. The van der Waals surface area contributed by atoms with Crippen molar-refractivity contribution < 1.29 is 14.6 Å². The zero-order chi connectivity index (χ0) is 10.1. The molecule has 0 spiro atoms. The Kier molecular flexibility index (Phi) is 7.57. The SMILES string of the molecule is COCCNCC(=O)NC[C@H](C)O. The van der Waals surface area contributed by atoms with Gasteiger partial charge < -0.3 is 20.5 Å². The number of hydrogen-bond donors (Lipinski definition) is 3. The molecule has 5 heteroatoms.